The third kappa shape index (κ3) is 8.64. The molecule has 5 nitrogen and oxygen atoms in total. The molecule has 1 aromatic carbocycles. The predicted molar refractivity (Wildman–Crippen MR) is 109 cm³/mol. The Labute approximate surface area is 202 Å². The van der Waals surface area contributed by atoms with Crippen LogP contribution >= 0.6 is 0 Å². The van der Waals surface area contributed by atoms with Crippen molar-refractivity contribution in [1.29, 1.82) is 0 Å². The van der Waals surface area contributed by atoms with Gasteiger partial charge in [-0.25, -0.2) is 9.37 Å². The molecule has 1 atom stereocenters. The molecule has 31 heavy (non-hydrogen) atoms. The maximum absolute atomic E-state index is 13.8. The number of hydrogen-bond acceptors (Lipinski definition) is 5. The van der Waals surface area contributed by atoms with E-state index in [0.717, 1.165) is 38.1 Å². The Morgan fingerprint density at radius 2 is 2.06 bits per heavy atom. The second-order valence-corrected chi connectivity index (χ2v) is 6.48. The van der Waals surface area contributed by atoms with E-state index in [1.165, 1.54) is 6.07 Å². The van der Waals surface area contributed by atoms with Crippen molar-refractivity contribution >= 4 is 23.4 Å². The van der Waals surface area contributed by atoms with E-state index in [0.29, 0.717) is 17.1 Å². The summed E-state index contributed by atoms with van der Waals surface area (Å²) in [7, 11) is 0. The number of anilines is 2. The maximum Gasteiger partial charge on any atom is 2.00 e. The van der Waals surface area contributed by atoms with E-state index < -0.39 is 17.9 Å². The Bertz CT molecular complexity index is 882. The number of halogens is 4. The molecule has 3 rings (SSSR count). The Morgan fingerprint density at radius 3 is 2.65 bits per heavy atom. The van der Waals surface area contributed by atoms with Crippen LogP contribution in [0, 0.1) is 50.3 Å². The number of hydrogen-bond donors (Lipinski definition) is 2. The van der Waals surface area contributed by atoms with Gasteiger partial charge in [-0.05, 0) is 37.7 Å². The first-order valence-corrected chi connectivity index (χ1v) is 8.95. The molecule has 2 heterocycles. The van der Waals surface area contributed by atoms with Gasteiger partial charge in [0.05, 0.1) is 0 Å². The predicted octanol–water partition coefficient (Wildman–Crippen LogP) is 5.23. The fourth-order valence-corrected chi connectivity index (χ4v) is 2.77. The van der Waals surface area contributed by atoms with E-state index >= 15 is 0 Å². The molecule has 1 saturated heterocycles. The van der Waals surface area contributed by atoms with E-state index in [9.17, 15) is 17.6 Å². The quantitative estimate of drug-likeness (QED) is 0.253. The zero-order chi connectivity index (χ0) is 20.9. The third-order valence-corrected chi connectivity index (χ3v) is 4.21. The summed E-state index contributed by atoms with van der Waals surface area (Å²) in [6, 6.07) is 6.42. The van der Waals surface area contributed by atoms with E-state index in [4.69, 9.17) is 0 Å². The minimum Gasteiger partial charge on any atom is -0.456 e. The van der Waals surface area contributed by atoms with E-state index in [-0.39, 0.29) is 50.1 Å². The second kappa shape index (κ2) is 12.2. The normalized spacial score (nSPS) is 16.2. The number of ether oxygens (including phenoxy) is 1. The van der Waals surface area contributed by atoms with Crippen LogP contribution < -0.4 is 15.4 Å². The topological polar surface area (TPSA) is 58.5 Å². The van der Waals surface area contributed by atoms with Crippen LogP contribution in [0.2, 0.25) is 0 Å². The molecular weight excluding hydrogens is 638 g/mol. The first-order chi connectivity index (χ1) is 13.8. The number of benzene rings is 1. The molecule has 0 amide bonds. The van der Waals surface area contributed by atoms with Crippen molar-refractivity contribution in [3.8, 4) is 5.75 Å². The zero-order valence-electron chi connectivity index (χ0n) is 16.9. The minimum atomic E-state index is -4.96. The summed E-state index contributed by atoms with van der Waals surface area (Å²) in [5.74, 6) is -1.40. The molecule has 1 aliphatic heterocycles. The van der Waals surface area contributed by atoms with Crippen LogP contribution in [0.25, 0.3) is 5.70 Å². The number of nitrogens with zero attached hydrogens (tertiary/aromatic N) is 2. The number of alkyl halides is 3. The molecule has 164 valence electrons. The maximum atomic E-state index is 13.8. The molecule has 1 unspecified atom stereocenters. The monoisotopic (exact) mass is 660 g/mol. The summed E-state index contributed by atoms with van der Waals surface area (Å²) in [5, 5.41) is 6.10. The fraction of sp³-hybridized carbons (Fsp3) is 0.286. The third-order valence-electron chi connectivity index (χ3n) is 4.21. The molecule has 1 aromatic heterocycles. The van der Waals surface area contributed by atoms with Crippen LogP contribution in [-0.4, -0.2) is 30.7 Å². The van der Waals surface area contributed by atoms with Gasteiger partial charge in [-0.2, -0.15) is 12.8 Å². The summed E-state index contributed by atoms with van der Waals surface area (Å²) in [5.41, 5.74) is 1.45. The number of piperidine rings is 1. The molecule has 0 spiro atoms. The molecule has 1 fully saturated rings. The molecular formula is C21H22F4N4OU. The summed E-state index contributed by atoms with van der Waals surface area (Å²) >= 11 is 0. The van der Waals surface area contributed by atoms with Gasteiger partial charge in [0.15, 0.2) is 11.6 Å². The van der Waals surface area contributed by atoms with Gasteiger partial charge in [-0.1, -0.05) is 29.7 Å². The second-order valence-electron chi connectivity index (χ2n) is 6.48. The summed E-state index contributed by atoms with van der Waals surface area (Å²) < 4.78 is 54.0. The van der Waals surface area contributed by atoms with Crippen molar-refractivity contribution in [2.45, 2.75) is 19.2 Å². The smallest absolute Gasteiger partial charge is 0.456 e. The van der Waals surface area contributed by atoms with Gasteiger partial charge < -0.3 is 27.8 Å². The van der Waals surface area contributed by atoms with Gasteiger partial charge in [-0.3, -0.25) is 0 Å². The van der Waals surface area contributed by atoms with Crippen molar-refractivity contribution in [3.63, 3.8) is 0 Å². The van der Waals surface area contributed by atoms with Crippen molar-refractivity contribution in [1.82, 2.24) is 10.3 Å². The van der Waals surface area contributed by atoms with Crippen molar-refractivity contribution < 1.29 is 53.4 Å². The Morgan fingerprint density at radius 1 is 1.29 bits per heavy atom. The Kier molecular flexibility index (Phi) is 10.7. The molecule has 0 radical (unpaired) electrons. The molecule has 1 aliphatic rings. The standard InChI is InChI=1S/C20H19F4N4O.CH3.U/c1-13(26-11-14-3-2-8-25-10-14)15-4-7-19(27-12-15)28-16-5-6-18(17(21)9-16)29-20(22,23)24;;/h4-7,9,12,14,25H,1-3,8,10H2,(H,27,28);1H3;/q2*-1;+2. The number of nitrogens with one attached hydrogen (secondary N) is 2. The number of aliphatic imine (C=N–C) groups is 1. The minimum absolute atomic E-state index is 0. The molecule has 0 saturated carbocycles. The van der Waals surface area contributed by atoms with E-state index in [1.54, 1.807) is 18.3 Å². The van der Waals surface area contributed by atoms with Gasteiger partial charge >= 0.3 is 37.5 Å². The molecule has 2 N–H and O–H groups in total. The van der Waals surface area contributed by atoms with Gasteiger partial charge in [0.2, 0.25) is 0 Å². The van der Waals surface area contributed by atoms with Crippen molar-refractivity contribution in [2.75, 3.05) is 18.4 Å². The first-order valence-electron chi connectivity index (χ1n) is 8.95. The van der Waals surface area contributed by atoms with Gasteiger partial charge in [-0.15, -0.1) is 13.2 Å². The van der Waals surface area contributed by atoms with Crippen LogP contribution in [0.4, 0.5) is 29.1 Å². The number of aromatic nitrogens is 1. The first kappa shape index (κ1) is 27.1. The van der Waals surface area contributed by atoms with Gasteiger partial charge in [0.25, 0.3) is 0 Å². The molecule has 10 heteroatoms. The SMILES string of the molecule is C=C(N=[C-]C1CCCNC1)c1ccc(Nc2ccc(OC(F)(F)F)c(F)c2)nc1.[CH3-].[U+2]. The Balaban J connectivity index is 0.00000240. The van der Waals surface area contributed by atoms with Crippen LogP contribution in [-0.2, 0) is 0 Å². The Hall–Kier alpha value is -1.89. The number of rotatable bonds is 6. The molecule has 0 aliphatic carbocycles. The summed E-state index contributed by atoms with van der Waals surface area (Å²) in [4.78, 5) is 8.48. The van der Waals surface area contributed by atoms with E-state index in [2.05, 4.69) is 38.1 Å². The molecule has 2 aromatic rings. The summed E-state index contributed by atoms with van der Waals surface area (Å²) in [6.45, 7) is 5.77. The van der Waals surface area contributed by atoms with E-state index in [1.807, 2.05) is 0 Å². The number of pyridine rings is 1. The van der Waals surface area contributed by atoms with Gasteiger partial charge in [0.1, 0.15) is 5.82 Å². The van der Waals surface area contributed by atoms with Crippen molar-refractivity contribution in [2.24, 2.45) is 10.9 Å². The fourth-order valence-electron chi connectivity index (χ4n) is 2.77. The van der Waals surface area contributed by atoms with Crippen LogP contribution in [0.15, 0.2) is 48.1 Å². The van der Waals surface area contributed by atoms with Gasteiger partial charge in [0, 0.05) is 18.0 Å². The average molecular weight is 660 g/mol. The largest absolute Gasteiger partial charge is 2.00 e. The van der Waals surface area contributed by atoms with Crippen LogP contribution in [0.3, 0.4) is 0 Å². The molecule has 0 bridgehead atoms. The van der Waals surface area contributed by atoms with Crippen molar-refractivity contribution in [3.05, 3.63) is 61.9 Å². The zero-order valence-corrected chi connectivity index (χ0v) is 21.1. The average Bonchev–Trinajstić information content (AvgIpc) is 2.69. The summed E-state index contributed by atoms with van der Waals surface area (Å²) in [6.07, 6.45) is 1.81. The van der Waals surface area contributed by atoms with Crippen LogP contribution in [0.5, 0.6) is 5.75 Å². The van der Waals surface area contributed by atoms with Crippen LogP contribution in [0.1, 0.15) is 18.4 Å².